The second-order valence-corrected chi connectivity index (χ2v) is 14.5. The lowest BCUT2D eigenvalue weighted by Gasteiger charge is -2.36. The summed E-state index contributed by atoms with van der Waals surface area (Å²) in [4.78, 5) is 11.9. The maximum Gasteiger partial charge on any atom is 0.267 e. The van der Waals surface area contributed by atoms with Gasteiger partial charge in [0.15, 0.2) is 8.32 Å². The average molecular weight is 383 g/mol. The summed E-state index contributed by atoms with van der Waals surface area (Å²) in [6, 6.07) is 0. The molecule has 1 aromatic heterocycles. The Kier molecular flexibility index (Phi) is 7.35. The van der Waals surface area contributed by atoms with Crippen molar-refractivity contribution < 1.29 is 4.43 Å². The molecule has 1 aliphatic rings. The zero-order chi connectivity index (χ0) is 18.5. The molecule has 0 aliphatic heterocycles. The lowest BCUT2D eigenvalue weighted by molar-refractivity contribution is 0.289. The fourth-order valence-corrected chi connectivity index (χ4v) is 4.86. The molecule has 0 radical (unpaired) electrons. The first kappa shape index (κ1) is 20.7. The van der Waals surface area contributed by atoms with Crippen LogP contribution in [0.1, 0.15) is 56.9 Å². The Balaban J connectivity index is 1.70. The molecule has 0 spiro atoms. The molecule has 1 N–H and O–H groups in total. The number of H-pyrrole nitrogens is 1. The average Bonchev–Trinajstić information content (AvgIpc) is 2.55. The van der Waals surface area contributed by atoms with E-state index in [4.69, 9.17) is 4.43 Å². The Morgan fingerprint density at radius 1 is 1.16 bits per heavy atom. The van der Waals surface area contributed by atoms with Crippen LogP contribution in [0, 0.1) is 0 Å². The molecule has 2 rings (SSSR count). The summed E-state index contributed by atoms with van der Waals surface area (Å²) in [5, 5.41) is 7.29. The van der Waals surface area contributed by atoms with Gasteiger partial charge in [0.2, 0.25) is 0 Å². The SMILES string of the molecule is CC(C)(C)[Si](C)(C)OCCCSCCc1n[nH]c(=O)c2c1CCCC2. The molecular formula is C19H34N2O2SSi. The van der Waals surface area contributed by atoms with Gasteiger partial charge in [0.1, 0.15) is 0 Å². The number of fused-ring (bicyclic) bond motifs is 1. The number of nitrogens with zero attached hydrogens (tertiary/aromatic N) is 1. The van der Waals surface area contributed by atoms with E-state index in [1.54, 1.807) is 0 Å². The Morgan fingerprint density at radius 3 is 2.52 bits per heavy atom. The van der Waals surface area contributed by atoms with Crippen molar-refractivity contribution >= 4 is 20.1 Å². The molecule has 0 saturated carbocycles. The first-order valence-electron chi connectivity index (χ1n) is 9.53. The van der Waals surface area contributed by atoms with Gasteiger partial charge in [-0.25, -0.2) is 5.10 Å². The van der Waals surface area contributed by atoms with E-state index in [2.05, 4.69) is 44.1 Å². The Bertz CT molecular complexity index is 623. The molecule has 142 valence electrons. The summed E-state index contributed by atoms with van der Waals surface area (Å²) in [6.45, 7) is 12.3. The van der Waals surface area contributed by atoms with Gasteiger partial charge in [0, 0.05) is 18.6 Å². The monoisotopic (exact) mass is 382 g/mol. The molecule has 0 saturated heterocycles. The molecule has 0 atom stereocenters. The van der Waals surface area contributed by atoms with Gasteiger partial charge in [-0.1, -0.05) is 20.8 Å². The minimum Gasteiger partial charge on any atom is -0.417 e. The minimum absolute atomic E-state index is 0.0221. The third-order valence-corrected chi connectivity index (χ3v) is 11.2. The standard InChI is InChI=1S/C19H34N2O2SSi/c1-19(2,3)25(4,5)23-12-8-13-24-14-11-17-15-9-6-7-10-16(15)18(22)21-20-17/h6-14H2,1-5H3,(H,21,22). The zero-order valence-electron chi connectivity index (χ0n) is 16.5. The highest BCUT2D eigenvalue weighted by atomic mass is 32.2. The third kappa shape index (κ3) is 5.69. The molecule has 1 aliphatic carbocycles. The number of thioether (sulfide) groups is 1. The van der Waals surface area contributed by atoms with Crippen molar-refractivity contribution in [2.24, 2.45) is 0 Å². The lowest BCUT2D eigenvalue weighted by Crippen LogP contribution is -2.41. The van der Waals surface area contributed by atoms with Gasteiger partial charge >= 0.3 is 0 Å². The van der Waals surface area contributed by atoms with E-state index in [9.17, 15) is 4.79 Å². The highest BCUT2D eigenvalue weighted by Gasteiger charge is 2.36. The molecule has 0 fully saturated rings. The summed E-state index contributed by atoms with van der Waals surface area (Å²) in [6.07, 6.45) is 6.30. The lowest BCUT2D eigenvalue weighted by atomic mass is 9.91. The van der Waals surface area contributed by atoms with E-state index in [-0.39, 0.29) is 10.6 Å². The molecule has 0 bridgehead atoms. The van der Waals surface area contributed by atoms with Crippen molar-refractivity contribution in [1.82, 2.24) is 10.2 Å². The van der Waals surface area contributed by atoms with Gasteiger partial charge in [-0.05, 0) is 67.3 Å². The second-order valence-electron chi connectivity index (χ2n) is 8.49. The first-order chi connectivity index (χ1) is 11.7. The minimum atomic E-state index is -1.60. The smallest absolute Gasteiger partial charge is 0.267 e. The van der Waals surface area contributed by atoms with E-state index < -0.39 is 8.32 Å². The van der Waals surface area contributed by atoms with Crippen molar-refractivity contribution in [3.05, 3.63) is 27.2 Å². The number of hydrogen-bond donors (Lipinski definition) is 1. The maximum atomic E-state index is 11.9. The number of rotatable bonds is 8. The van der Waals surface area contributed by atoms with Crippen LogP contribution in [-0.4, -0.2) is 36.6 Å². The summed E-state index contributed by atoms with van der Waals surface area (Å²) >= 11 is 1.96. The van der Waals surface area contributed by atoms with Gasteiger partial charge in [-0.3, -0.25) is 4.79 Å². The number of nitrogens with one attached hydrogen (secondary N) is 1. The van der Waals surface area contributed by atoms with E-state index >= 15 is 0 Å². The van der Waals surface area contributed by atoms with Crippen molar-refractivity contribution in [2.75, 3.05) is 18.1 Å². The van der Waals surface area contributed by atoms with Crippen LogP contribution in [0.2, 0.25) is 18.1 Å². The van der Waals surface area contributed by atoms with E-state index in [1.165, 1.54) is 12.0 Å². The normalized spacial score (nSPS) is 15.2. The van der Waals surface area contributed by atoms with Crippen molar-refractivity contribution in [2.45, 2.75) is 77.4 Å². The van der Waals surface area contributed by atoms with Crippen LogP contribution in [-0.2, 0) is 23.7 Å². The number of aryl methyl sites for hydroxylation is 1. The highest BCUT2D eigenvalue weighted by molar-refractivity contribution is 7.99. The van der Waals surface area contributed by atoms with E-state index in [0.717, 1.165) is 61.5 Å². The highest BCUT2D eigenvalue weighted by Crippen LogP contribution is 2.36. The predicted octanol–water partition coefficient (Wildman–Crippen LogP) is 4.34. The fourth-order valence-electron chi connectivity index (χ4n) is 2.91. The van der Waals surface area contributed by atoms with Crippen LogP contribution < -0.4 is 5.56 Å². The molecule has 0 unspecified atom stereocenters. The van der Waals surface area contributed by atoms with Gasteiger partial charge < -0.3 is 4.43 Å². The van der Waals surface area contributed by atoms with Crippen LogP contribution in [0.3, 0.4) is 0 Å². The second kappa shape index (κ2) is 8.87. The molecule has 25 heavy (non-hydrogen) atoms. The molecule has 0 aromatic carbocycles. The number of aromatic amines is 1. The topological polar surface area (TPSA) is 55.0 Å². The summed E-state index contributed by atoms with van der Waals surface area (Å²) < 4.78 is 6.22. The largest absolute Gasteiger partial charge is 0.417 e. The van der Waals surface area contributed by atoms with Crippen molar-refractivity contribution in [3.63, 3.8) is 0 Å². The van der Waals surface area contributed by atoms with Gasteiger partial charge in [-0.2, -0.15) is 16.9 Å². The van der Waals surface area contributed by atoms with Gasteiger partial charge in [-0.15, -0.1) is 0 Å². The van der Waals surface area contributed by atoms with Crippen LogP contribution >= 0.6 is 11.8 Å². The van der Waals surface area contributed by atoms with Gasteiger partial charge in [0.05, 0.1) is 5.69 Å². The van der Waals surface area contributed by atoms with Crippen molar-refractivity contribution in [1.29, 1.82) is 0 Å². The molecule has 1 aromatic rings. The van der Waals surface area contributed by atoms with Gasteiger partial charge in [0.25, 0.3) is 5.56 Å². The Labute approximate surface area is 157 Å². The summed E-state index contributed by atoms with van der Waals surface area (Å²) in [7, 11) is -1.60. The molecule has 1 heterocycles. The summed E-state index contributed by atoms with van der Waals surface area (Å²) in [5.41, 5.74) is 3.36. The quantitative estimate of drug-likeness (QED) is 0.537. The number of hydrogen-bond acceptors (Lipinski definition) is 4. The first-order valence-corrected chi connectivity index (χ1v) is 13.6. The van der Waals surface area contributed by atoms with Crippen LogP contribution in [0.4, 0.5) is 0 Å². The van der Waals surface area contributed by atoms with Crippen LogP contribution in [0.25, 0.3) is 0 Å². The molecule has 0 amide bonds. The maximum absolute atomic E-state index is 11.9. The third-order valence-electron chi connectivity index (χ3n) is 5.57. The summed E-state index contributed by atoms with van der Waals surface area (Å²) in [5.74, 6) is 2.19. The van der Waals surface area contributed by atoms with Crippen LogP contribution in [0.5, 0.6) is 0 Å². The Hall–Kier alpha value is -0.593. The predicted molar refractivity (Wildman–Crippen MR) is 110 cm³/mol. The van der Waals surface area contributed by atoms with E-state index in [0.29, 0.717) is 0 Å². The molecular weight excluding hydrogens is 348 g/mol. The Morgan fingerprint density at radius 2 is 1.84 bits per heavy atom. The van der Waals surface area contributed by atoms with E-state index in [1.807, 2.05) is 11.8 Å². The molecule has 6 heteroatoms. The molecule has 4 nitrogen and oxygen atoms in total. The number of aromatic nitrogens is 2. The fraction of sp³-hybridized carbons (Fsp3) is 0.789. The van der Waals surface area contributed by atoms with Crippen molar-refractivity contribution in [3.8, 4) is 0 Å². The zero-order valence-corrected chi connectivity index (χ0v) is 18.4. The van der Waals surface area contributed by atoms with Crippen LogP contribution in [0.15, 0.2) is 4.79 Å².